The van der Waals surface area contributed by atoms with Crippen molar-refractivity contribution in [3.05, 3.63) is 23.8 Å². The monoisotopic (exact) mass is 295 g/mol. The third kappa shape index (κ3) is 5.17. The Kier molecular flexibility index (Phi) is 5.47. The van der Waals surface area contributed by atoms with E-state index in [1.807, 2.05) is 27.7 Å². The molecule has 0 fully saturated rings. The van der Waals surface area contributed by atoms with Gasteiger partial charge in [0.15, 0.2) is 11.5 Å². The Hall–Kier alpha value is -1.91. The molecule has 1 amide bonds. The van der Waals surface area contributed by atoms with Gasteiger partial charge in [-0.3, -0.25) is 0 Å². The maximum atomic E-state index is 12.1. The minimum Gasteiger partial charge on any atom is -0.504 e. The largest absolute Gasteiger partial charge is 0.504 e. The lowest BCUT2D eigenvalue weighted by Gasteiger charge is -2.30. The Morgan fingerprint density at radius 1 is 1.29 bits per heavy atom. The first kappa shape index (κ1) is 17.1. The summed E-state index contributed by atoms with van der Waals surface area (Å²) in [7, 11) is 1.71. The zero-order valence-corrected chi connectivity index (χ0v) is 13.4. The first-order valence-corrected chi connectivity index (χ1v) is 7.10. The van der Waals surface area contributed by atoms with Crippen molar-refractivity contribution in [3.8, 4) is 11.5 Å². The average molecular weight is 295 g/mol. The predicted octanol–water partition coefficient (Wildman–Crippen LogP) is 3.29. The minimum absolute atomic E-state index is 0.0382. The summed E-state index contributed by atoms with van der Waals surface area (Å²) in [5.41, 5.74) is 0.327. The summed E-state index contributed by atoms with van der Waals surface area (Å²) < 4.78 is 5.36. The van der Waals surface area contributed by atoms with Gasteiger partial charge in [-0.15, -0.1) is 0 Å². The average Bonchev–Trinajstić information content (AvgIpc) is 2.37. The van der Waals surface area contributed by atoms with E-state index in [1.54, 1.807) is 18.0 Å². The lowest BCUT2D eigenvalue weighted by Crippen LogP contribution is -2.41. The molecule has 1 rings (SSSR count). The molecule has 2 N–H and O–H groups in total. The molecule has 0 aliphatic rings. The number of ether oxygens (including phenoxy) is 1. The molecule has 1 aromatic carbocycles. The van der Waals surface area contributed by atoms with Crippen molar-refractivity contribution in [1.82, 2.24) is 4.90 Å². The standard InChI is InChI=1S/C16H25NO4/c1-6-12(17(5)15(20)21-16(2,3)4)9-11-7-8-13(18)14(19)10-11/h7-8,10,12,18-19H,6,9H2,1-5H3. The fourth-order valence-corrected chi connectivity index (χ4v) is 2.01. The smallest absolute Gasteiger partial charge is 0.410 e. The van der Waals surface area contributed by atoms with Crippen molar-refractivity contribution in [2.24, 2.45) is 0 Å². The van der Waals surface area contributed by atoms with Crippen LogP contribution in [0.15, 0.2) is 18.2 Å². The molecule has 5 nitrogen and oxygen atoms in total. The van der Waals surface area contributed by atoms with E-state index in [1.165, 1.54) is 12.1 Å². The molecule has 0 bridgehead atoms. The number of likely N-dealkylation sites (N-methyl/N-ethyl adjacent to an activating group) is 1. The fraction of sp³-hybridized carbons (Fsp3) is 0.562. The van der Waals surface area contributed by atoms with Gasteiger partial charge in [0.25, 0.3) is 0 Å². The quantitative estimate of drug-likeness (QED) is 0.836. The van der Waals surface area contributed by atoms with Crippen LogP contribution in [-0.2, 0) is 11.2 Å². The highest BCUT2D eigenvalue weighted by Crippen LogP contribution is 2.26. The molecule has 0 aromatic heterocycles. The zero-order chi connectivity index (χ0) is 16.2. The van der Waals surface area contributed by atoms with Crippen LogP contribution in [-0.4, -0.2) is 39.9 Å². The third-order valence-corrected chi connectivity index (χ3v) is 3.21. The van der Waals surface area contributed by atoms with Crippen molar-refractivity contribution in [2.75, 3.05) is 7.05 Å². The van der Waals surface area contributed by atoms with Crippen LogP contribution in [0.1, 0.15) is 39.7 Å². The second-order valence-electron chi connectivity index (χ2n) is 6.18. The van der Waals surface area contributed by atoms with Crippen molar-refractivity contribution in [2.45, 2.75) is 52.2 Å². The Labute approximate surface area is 126 Å². The van der Waals surface area contributed by atoms with E-state index in [2.05, 4.69) is 0 Å². The summed E-state index contributed by atoms with van der Waals surface area (Å²) in [4.78, 5) is 13.7. The van der Waals surface area contributed by atoms with E-state index in [0.29, 0.717) is 6.42 Å². The van der Waals surface area contributed by atoms with Gasteiger partial charge in [-0.1, -0.05) is 13.0 Å². The SMILES string of the molecule is CCC(Cc1ccc(O)c(O)c1)N(C)C(=O)OC(C)(C)C. The van der Waals surface area contributed by atoms with Crippen LogP contribution < -0.4 is 0 Å². The number of hydrogen-bond acceptors (Lipinski definition) is 4. The van der Waals surface area contributed by atoms with Gasteiger partial charge in [-0.05, 0) is 51.3 Å². The van der Waals surface area contributed by atoms with Gasteiger partial charge in [0.2, 0.25) is 0 Å². The van der Waals surface area contributed by atoms with Gasteiger partial charge in [-0.2, -0.15) is 0 Å². The molecule has 1 atom stereocenters. The molecule has 0 radical (unpaired) electrons. The number of phenols is 2. The number of phenolic OH excluding ortho intramolecular Hbond substituents is 2. The highest BCUT2D eigenvalue weighted by Gasteiger charge is 2.24. The number of nitrogens with zero attached hydrogens (tertiary/aromatic N) is 1. The maximum absolute atomic E-state index is 12.1. The van der Waals surface area contributed by atoms with Gasteiger partial charge in [0.1, 0.15) is 5.60 Å². The molecule has 0 saturated carbocycles. The predicted molar refractivity (Wildman–Crippen MR) is 81.6 cm³/mol. The van der Waals surface area contributed by atoms with Crippen molar-refractivity contribution in [3.63, 3.8) is 0 Å². The molecule has 0 aliphatic carbocycles. The summed E-state index contributed by atoms with van der Waals surface area (Å²) >= 11 is 0. The number of aromatic hydroxyl groups is 2. The van der Waals surface area contributed by atoms with Gasteiger partial charge >= 0.3 is 6.09 Å². The van der Waals surface area contributed by atoms with Gasteiger partial charge in [0.05, 0.1) is 0 Å². The molecule has 0 spiro atoms. The van der Waals surface area contributed by atoms with Gasteiger partial charge in [0, 0.05) is 13.1 Å². The number of rotatable bonds is 4. The van der Waals surface area contributed by atoms with Crippen LogP contribution >= 0.6 is 0 Å². The van der Waals surface area contributed by atoms with Crippen molar-refractivity contribution >= 4 is 6.09 Å². The van der Waals surface area contributed by atoms with Crippen LogP contribution in [0.2, 0.25) is 0 Å². The lowest BCUT2D eigenvalue weighted by molar-refractivity contribution is 0.0218. The van der Waals surface area contributed by atoms with E-state index in [9.17, 15) is 15.0 Å². The van der Waals surface area contributed by atoms with E-state index in [0.717, 1.165) is 12.0 Å². The molecular formula is C16H25NO4. The van der Waals surface area contributed by atoms with Gasteiger partial charge < -0.3 is 19.8 Å². The molecule has 21 heavy (non-hydrogen) atoms. The van der Waals surface area contributed by atoms with Crippen LogP contribution in [0.4, 0.5) is 4.79 Å². The molecule has 1 aromatic rings. The van der Waals surface area contributed by atoms with Crippen LogP contribution in [0.5, 0.6) is 11.5 Å². The lowest BCUT2D eigenvalue weighted by atomic mass is 10.0. The Morgan fingerprint density at radius 3 is 2.38 bits per heavy atom. The van der Waals surface area contributed by atoms with Crippen LogP contribution in [0, 0.1) is 0 Å². The summed E-state index contributed by atoms with van der Waals surface area (Å²) in [6.07, 6.45) is 0.981. The molecular weight excluding hydrogens is 270 g/mol. The second kappa shape index (κ2) is 6.70. The maximum Gasteiger partial charge on any atom is 0.410 e. The molecule has 5 heteroatoms. The highest BCUT2D eigenvalue weighted by molar-refractivity contribution is 5.68. The normalized spacial score (nSPS) is 12.8. The summed E-state index contributed by atoms with van der Waals surface area (Å²) in [6.45, 7) is 7.49. The molecule has 0 heterocycles. The number of carbonyl (C=O) groups is 1. The van der Waals surface area contributed by atoms with E-state index in [4.69, 9.17) is 4.74 Å². The van der Waals surface area contributed by atoms with E-state index in [-0.39, 0.29) is 23.6 Å². The highest BCUT2D eigenvalue weighted by atomic mass is 16.6. The third-order valence-electron chi connectivity index (χ3n) is 3.21. The minimum atomic E-state index is -0.527. The van der Waals surface area contributed by atoms with E-state index < -0.39 is 5.60 Å². The second-order valence-corrected chi connectivity index (χ2v) is 6.18. The first-order valence-electron chi connectivity index (χ1n) is 7.10. The van der Waals surface area contributed by atoms with Gasteiger partial charge in [-0.25, -0.2) is 4.79 Å². The van der Waals surface area contributed by atoms with Crippen molar-refractivity contribution < 1.29 is 19.7 Å². The molecule has 0 aliphatic heterocycles. The Morgan fingerprint density at radius 2 is 1.90 bits per heavy atom. The topological polar surface area (TPSA) is 70.0 Å². The van der Waals surface area contributed by atoms with Crippen LogP contribution in [0.3, 0.4) is 0 Å². The fourth-order valence-electron chi connectivity index (χ4n) is 2.01. The van der Waals surface area contributed by atoms with Crippen molar-refractivity contribution in [1.29, 1.82) is 0 Å². The Bertz CT molecular complexity index is 494. The number of carbonyl (C=O) groups excluding carboxylic acids is 1. The zero-order valence-electron chi connectivity index (χ0n) is 13.4. The molecule has 118 valence electrons. The summed E-state index contributed by atoms with van der Waals surface area (Å²) in [5, 5.41) is 18.9. The Balaban J connectivity index is 2.77. The number of benzene rings is 1. The number of hydrogen-bond donors (Lipinski definition) is 2. The first-order chi connectivity index (χ1) is 9.64. The molecule has 1 unspecified atom stereocenters. The summed E-state index contributed by atoms with van der Waals surface area (Å²) in [6, 6.07) is 4.66. The summed E-state index contributed by atoms with van der Waals surface area (Å²) in [5.74, 6) is -0.297. The van der Waals surface area contributed by atoms with E-state index >= 15 is 0 Å². The molecule has 0 saturated heterocycles. The number of amides is 1. The van der Waals surface area contributed by atoms with Crippen LogP contribution in [0.25, 0.3) is 0 Å².